The molecule has 0 spiro atoms. The second kappa shape index (κ2) is 2.14. The van der Waals surface area contributed by atoms with Crippen LogP contribution in [0.15, 0.2) is 12.2 Å². The van der Waals surface area contributed by atoms with Crippen LogP contribution in [0.25, 0.3) is 0 Å². The lowest BCUT2D eigenvalue weighted by molar-refractivity contribution is -0.699. The molecule has 0 aliphatic carbocycles. The number of fused-ring (bicyclic) bond motifs is 2. The first kappa shape index (κ1) is 5.48. The monoisotopic (exact) mass is 124 g/mol. The lowest BCUT2D eigenvalue weighted by Crippen LogP contribution is -2.90. The summed E-state index contributed by atoms with van der Waals surface area (Å²) in [5, 5.41) is 2.56. The van der Waals surface area contributed by atoms with Gasteiger partial charge in [-0.1, -0.05) is 12.2 Å². The van der Waals surface area contributed by atoms with Gasteiger partial charge in [0.25, 0.3) is 0 Å². The van der Waals surface area contributed by atoms with Crippen molar-refractivity contribution in [3.63, 3.8) is 0 Å². The summed E-state index contributed by atoms with van der Waals surface area (Å²) in [6.07, 6.45) is 10.2. The van der Waals surface area contributed by atoms with Crippen LogP contribution in [0, 0.1) is 0 Å². The van der Waals surface area contributed by atoms with Gasteiger partial charge in [-0.15, -0.1) is 0 Å². The van der Waals surface area contributed by atoms with E-state index < -0.39 is 0 Å². The third-order valence-electron chi connectivity index (χ3n) is 2.50. The van der Waals surface area contributed by atoms with E-state index in [-0.39, 0.29) is 0 Å². The first-order valence-electron chi connectivity index (χ1n) is 3.95. The minimum Gasteiger partial charge on any atom is -0.341 e. The van der Waals surface area contributed by atoms with Crippen LogP contribution in [-0.2, 0) is 0 Å². The van der Waals surface area contributed by atoms with Crippen molar-refractivity contribution in [3.8, 4) is 0 Å². The van der Waals surface area contributed by atoms with Crippen molar-refractivity contribution in [2.45, 2.75) is 37.8 Å². The second-order valence-corrected chi connectivity index (χ2v) is 3.23. The van der Waals surface area contributed by atoms with Gasteiger partial charge in [0.2, 0.25) is 0 Å². The Morgan fingerprint density at radius 2 is 1.56 bits per heavy atom. The molecular formula is C8H14N+. The second-order valence-electron chi connectivity index (χ2n) is 3.23. The number of hydrogen-bond acceptors (Lipinski definition) is 0. The number of rotatable bonds is 0. The Bertz CT molecular complexity index is 115. The molecule has 1 heteroatoms. The molecule has 0 aromatic heterocycles. The summed E-state index contributed by atoms with van der Waals surface area (Å²) in [5.41, 5.74) is 0. The summed E-state index contributed by atoms with van der Waals surface area (Å²) < 4.78 is 0. The highest BCUT2D eigenvalue weighted by Crippen LogP contribution is 2.14. The molecule has 0 aromatic carbocycles. The molecule has 2 aliphatic heterocycles. The van der Waals surface area contributed by atoms with Gasteiger partial charge in [0.05, 0.1) is 12.1 Å². The van der Waals surface area contributed by atoms with E-state index in [1.54, 1.807) is 0 Å². The molecule has 0 amide bonds. The van der Waals surface area contributed by atoms with Crippen LogP contribution in [0.4, 0.5) is 0 Å². The van der Waals surface area contributed by atoms with E-state index in [0.717, 1.165) is 12.1 Å². The van der Waals surface area contributed by atoms with E-state index in [0.29, 0.717) is 0 Å². The summed E-state index contributed by atoms with van der Waals surface area (Å²) in [5.74, 6) is 0. The van der Waals surface area contributed by atoms with Gasteiger partial charge < -0.3 is 5.32 Å². The van der Waals surface area contributed by atoms with Gasteiger partial charge in [-0.2, -0.15) is 0 Å². The van der Waals surface area contributed by atoms with E-state index >= 15 is 0 Å². The van der Waals surface area contributed by atoms with E-state index in [1.165, 1.54) is 25.7 Å². The average molecular weight is 124 g/mol. The number of hydrogen-bond donors (Lipinski definition) is 1. The molecule has 0 saturated carbocycles. The maximum atomic E-state index is 2.56. The number of nitrogens with two attached hydrogens (primary N) is 1. The molecule has 2 aliphatic rings. The quantitative estimate of drug-likeness (QED) is 0.451. The van der Waals surface area contributed by atoms with Crippen molar-refractivity contribution in [1.82, 2.24) is 0 Å². The molecule has 1 nitrogen and oxygen atoms in total. The zero-order chi connectivity index (χ0) is 6.10. The third kappa shape index (κ3) is 1.01. The molecule has 2 rings (SSSR count). The molecule has 0 aromatic rings. The molecule has 1 saturated heterocycles. The molecule has 2 N–H and O–H groups in total. The summed E-state index contributed by atoms with van der Waals surface area (Å²) in [6.45, 7) is 0. The summed E-state index contributed by atoms with van der Waals surface area (Å²) >= 11 is 0. The summed E-state index contributed by atoms with van der Waals surface area (Å²) in [7, 11) is 0. The Hall–Kier alpha value is -0.300. The fourth-order valence-corrected chi connectivity index (χ4v) is 1.94. The lowest BCUT2D eigenvalue weighted by atomic mass is 10.1. The minimum atomic E-state index is 0.939. The first-order valence-corrected chi connectivity index (χ1v) is 3.95. The van der Waals surface area contributed by atoms with E-state index in [4.69, 9.17) is 0 Å². The predicted molar refractivity (Wildman–Crippen MR) is 37.1 cm³/mol. The molecule has 2 bridgehead atoms. The predicted octanol–water partition coefficient (Wildman–Crippen LogP) is 0.431. The van der Waals surface area contributed by atoms with Crippen molar-refractivity contribution >= 4 is 0 Å². The summed E-state index contributed by atoms with van der Waals surface area (Å²) in [4.78, 5) is 0. The number of quaternary nitrogens is 1. The highest BCUT2D eigenvalue weighted by Gasteiger charge is 2.27. The fourth-order valence-electron chi connectivity index (χ4n) is 1.94. The van der Waals surface area contributed by atoms with Crippen LogP contribution in [0.2, 0.25) is 0 Å². The molecule has 50 valence electrons. The van der Waals surface area contributed by atoms with Gasteiger partial charge in [-0.05, 0) is 0 Å². The van der Waals surface area contributed by atoms with Crippen molar-refractivity contribution in [2.24, 2.45) is 0 Å². The van der Waals surface area contributed by atoms with E-state index in [2.05, 4.69) is 17.5 Å². The topological polar surface area (TPSA) is 16.6 Å². The molecule has 1 fully saturated rings. The minimum absolute atomic E-state index is 0.939. The van der Waals surface area contributed by atoms with Crippen LogP contribution < -0.4 is 5.32 Å². The van der Waals surface area contributed by atoms with Crippen molar-refractivity contribution in [1.29, 1.82) is 0 Å². The van der Waals surface area contributed by atoms with Crippen LogP contribution >= 0.6 is 0 Å². The molecule has 1 unspecified atom stereocenters. The molecule has 9 heavy (non-hydrogen) atoms. The van der Waals surface area contributed by atoms with Crippen LogP contribution in [0.5, 0.6) is 0 Å². The van der Waals surface area contributed by atoms with Gasteiger partial charge >= 0.3 is 0 Å². The van der Waals surface area contributed by atoms with E-state index in [9.17, 15) is 0 Å². The van der Waals surface area contributed by atoms with E-state index in [1.807, 2.05) is 0 Å². The Balaban J connectivity index is 2.08. The summed E-state index contributed by atoms with van der Waals surface area (Å²) in [6, 6.07) is 1.88. The van der Waals surface area contributed by atoms with Gasteiger partial charge in [-0.25, -0.2) is 0 Å². The molecule has 2 atom stereocenters. The Labute approximate surface area is 56.1 Å². The van der Waals surface area contributed by atoms with Crippen LogP contribution in [-0.4, -0.2) is 12.1 Å². The normalized spacial score (nSPS) is 40.9. The highest BCUT2D eigenvalue weighted by atomic mass is 15.0. The van der Waals surface area contributed by atoms with Crippen molar-refractivity contribution in [3.05, 3.63) is 12.2 Å². The Morgan fingerprint density at radius 1 is 1.00 bits per heavy atom. The SMILES string of the molecule is C1=CC[C@@H]2CCC(C1)[NH2+]2. The van der Waals surface area contributed by atoms with Crippen LogP contribution in [0.1, 0.15) is 25.7 Å². The van der Waals surface area contributed by atoms with Gasteiger partial charge in [-0.3, -0.25) is 0 Å². The van der Waals surface area contributed by atoms with Gasteiger partial charge in [0, 0.05) is 25.7 Å². The maximum Gasteiger partial charge on any atom is 0.0898 e. The standard InChI is InChI=1S/C8H13N/c1-2-4-8-6-5-7(3-1)9-8/h1-2,7-9H,3-6H2/p+1/t7-,8?/m1/s1. The first-order chi connectivity index (χ1) is 4.45. The highest BCUT2D eigenvalue weighted by molar-refractivity contribution is 4.91. The maximum absolute atomic E-state index is 2.56. The smallest absolute Gasteiger partial charge is 0.0898 e. The molecule has 2 heterocycles. The largest absolute Gasteiger partial charge is 0.341 e. The molecular weight excluding hydrogens is 110 g/mol. The lowest BCUT2D eigenvalue weighted by Gasteiger charge is -2.03. The van der Waals surface area contributed by atoms with Gasteiger partial charge in [0.15, 0.2) is 0 Å². The van der Waals surface area contributed by atoms with Crippen LogP contribution in [0.3, 0.4) is 0 Å². The van der Waals surface area contributed by atoms with Crippen molar-refractivity contribution in [2.75, 3.05) is 0 Å². The van der Waals surface area contributed by atoms with Crippen molar-refractivity contribution < 1.29 is 5.32 Å². The Morgan fingerprint density at radius 3 is 2.11 bits per heavy atom. The average Bonchev–Trinajstić information content (AvgIpc) is 2.09. The molecule has 0 radical (unpaired) electrons. The third-order valence-corrected chi connectivity index (χ3v) is 2.50. The zero-order valence-corrected chi connectivity index (χ0v) is 5.72. The zero-order valence-electron chi connectivity index (χ0n) is 5.72. The Kier molecular flexibility index (Phi) is 1.31. The fraction of sp³-hybridized carbons (Fsp3) is 0.750. The van der Waals surface area contributed by atoms with Gasteiger partial charge in [0.1, 0.15) is 0 Å².